The number of carbonyl (C=O) groups excluding carboxylic acids is 2. The van der Waals surface area contributed by atoms with Gasteiger partial charge in [-0.2, -0.15) is 0 Å². The molecule has 0 atom stereocenters. The summed E-state index contributed by atoms with van der Waals surface area (Å²) in [4.78, 5) is 19.4. The highest BCUT2D eigenvalue weighted by Gasteiger charge is 1.85. The molecule has 108 valence electrons. The fourth-order valence-electron chi connectivity index (χ4n) is 1.13. The maximum absolute atomic E-state index is 9.81. The van der Waals surface area contributed by atoms with Crippen molar-refractivity contribution >= 4 is 22.5 Å². The van der Waals surface area contributed by atoms with Gasteiger partial charge in [0.25, 0.3) is 0 Å². The van der Waals surface area contributed by atoms with Gasteiger partial charge in [-0.15, -0.1) is 0 Å². The molecule has 0 aromatic heterocycles. The normalized spacial score (nSPS) is 8.60. The molecule has 0 bridgehead atoms. The Morgan fingerprint density at radius 1 is 0.900 bits per heavy atom. The smallest absolute Gasteiger partial charge is 0.302 e. The zero-order chi connectivity index (χ0) is 15.4. The van der Waals surface area contributed by atoms with E-state index in [1.165, 1.54) is 24.8 Å². The van der Waals surface area contributed by atoms with Crippen molar-refractivity contribution in [3.63, 3.8) is 0 Å². The highest BCUT2D eigenvalue weighted by molar-refractivity contribution is 5.82. The number of carbonyl (C=O) groups is 2. The molecule has 2 rings (SSSR count). The summed E-state index contributed by atoms with van der Waals surface area (Å²) in [6.07, 6.45) is 0.667. The van der Waals surface area contributed by atoms with E-state index in [4.69, 9.17) is 0 Å². The summed E-state index contributed by atoms with van der Waals surface area (Å²) >= 11 is 0. The van der Waals surface area contributed by atoms with Gasteiger partial charge in [-0.1, -0.05) is 55.5 Å². The van der Waals surface area contributed by atoms with Crippen molar-refractivity contribution < 1.29 is 14.3 Å². The first-order chi connectivity index (χ1) is 9.51. The molecule has 0 heterocycles. The predicted molar refractivity (Wildman–Crippen MR) is 82.6 cm³/mol. The van der Waals surface area contributed by atoms with Gasteiger partial charge in [-0.05, 0) is 17.7 Å². The Hall–Kier alpha value is -2.16. The van der Waals surface area contributed by atoms with Crippen LogP contribution in [0.25, 0.3) is 10.8 Å². The van der Waals surface area contributed by atoms with E-state index in [2.05, 4.69) is 53.3 Å². The second-order valence-corrected chi connectivity index (χ2v) is 4.10. The molecule has 0 aliphatic carbocycles. The molecule has 0 amide bonds. The van der Waals surface area contributed by atoms with E-state index in [-0.39, 0.29) is 11.8 Å². The molecule has 0 unspecified atom stereocenters. The van der Waals surface area contributed by atoms with Crippen LogP contribution >= 0.6 is 0 Å². The van der Waals surface area contributed by atoms with Gasteiger partial charge in [-0.25, -0.2) is 0 Å². The van der Waals surface area contributed by atoms with Crippen LogP contribution in [-0.2, 0) is 14.3 Å². The number of hydrogen-bond donors (Lipinski definition) is 0. The van der Waals surface area contributed by atoms with Crippen molar-refractivity contribution in [1.29, 1.82) is 0 Å². The van der Waals surface area contributed by atoms with Crippen molar-refractivity contribution in [2.75, 3.05) is 7.11 Å². The van der Waals surface area contributed by atoms with Crippen molar-refractivity contribution in [2.45, 2.75) is 27.2 Å². The minimum atomic E-state index is -0.245. The van der Waals surface area contributed by atoms with E-state index in [0.29, 0.717) is 6.42 Å². The summed E-state index contributed by atoms with van der Waals surface area (Å²) in [5.74, 6) is 0.00926. The van der Waals surface area contributed by atoms with Gasteiger partial charge in [-0.3, -0.25) is 4.79 Å². The van der Waals surface area contributed by atoms with E-state index in [1.54, 1.807) is 6.92 Å². The Labute approximate surface area is 120 Å². The SMILES string of the molecule is CCC(C)=O.COC(C)=O.c1ccc2ccccc2c1. The molecule has 0 aliphatic heterocycles. The summed E-state index contributed by atoms with van der Waals surface area (Å²) < 4.78 is 4.11. The Kier molecular flexibility index (Phi) is 9.57. The van der Waals surface area contributed by atoms with Gasteiger partial charge in [0.1, 0.15) is 5.78 Å². The Balaban J connectivity index is 0.000000310. The number of hydrogen-bond acceptors (Lipinski definition) is 3. The first-order valence-corrected chi connectivity index (χ1v) is 6.49. The lowest BCUT2D eigenvalue weighted by Gasteiger charge is -1.92. The molecule has 0 radical (unpaired) electrons. The van der Waals surface area contributed by atoms with Crippen molar-refractivity contribution in [1.82, 2.24) is 0 Å². The van der Waals surface area contributed by atoms with Crippen LogP contribution in [-0.4, -0.2) is 18.9 Å². The highest BCUT2D eigenvalue weighted by atomic mass is 16.5. The van der Waals surface area contributed by atoms with Crippen LogP contribution in [0.3, 0.4) is 0 Å². The lowest BCUT2D eigenvalue weighted by Crippen LogP contribution is -1.88. The number of methoxy groups -OCH3 is 1. The monoisotopic (exact) mass is 274 g/mol. The fraction of sp³-hybridized carbons (Fsp3) is 0.294. The Morgan fingerprint density at radius 3 is 1.30 bits per heavy atom. The molecule has 2 aromatic rings. The second-order valence-electron chi connectivity index (χ2n) is 4.10. The summed E-state index contributed by atoms with van der Waals surface area (Å²) in [7, 11) is 1.35. The maximum Gasteiger partial charge on any atom is 0.302 e. The minimum Gasteiger partial charge on any atom is -0.469 e. The number of esters is 1. The zero-order valence-corrected chi connectivity index (χ0v) is 12.6. The third-order valence-corrected chi connectivity index (χ3v) is 2.44. The molecule has 20 heavy (non-hydrogen) atoms. The van der Waals surface area contributed by atoms with Gasteiger partial charge >= 0.3 is 5.97 Å². The first kappa shape index (κ1) is 17.8. The molecule has 3 heteroatoms. The van der Waals surface area contributed by atoms with Gasteiger partial charge < -0.3 is 9.53 Å². The van der Waals surface area contributed by atoms with Crippen LogP contribution in [0.4, 0.5) is 0 Å². The number of rotatable bonds is 1. The van der Waals surface area contributed by atoms with Crippen LogP contribution in [0.1, 0.15) is 27.2 Å². The number of ether oxygens (including phenoxy) is 1. The summed E-state index contributed by atoms with van der Waals surface area (Å²) in [6.45, 7) is 4.79. The van der Waals surface area contributed by atoms with E-state index in [0.717, 1.165) is 0 Å². The maximum atomic E-state index is 9.81. The van der Waals surface area contributed by atoms with Crippen molar-refractivity contribution in [2.24, 2.45) is 0 Å². The molecule has 0 saturated carbocycles. The molecule has 0 aliphatic rings. The van der Waals surface area contributed by atoms with Crippen LogP contribution in [0.5, 0.6) is 0 Å². The van der Waals surface area contributed by atoms with Crippen LogP contribution in [0.2, 0.25) is 0 Å². The quantitative estimate of drug-likeness (QED) is 0.738. The highest BCUT2D eigenvalue weighted by Crippen LogP contribution is 2.11. The number of ketones is 1. The van der Waals surface area contributed by atoms with Gasteiger partial charge in [0.15, 0.2) is 0 Å². The van der Waals surface area contributed by atoms with Gasteiger partial charge in [0.2, 0.25) is 0 Å². The predicted octanol–water partition coefficient (Wildman–Crippen LogP) is 4.00. The van der Waals surface area contributed by atoms with Crippen LogP contribution < -0.4 is 0 Å². The zero-order valence-electron chi connectivity index (χ0n) is 12.6. The summed E-state index contributed by atoms with van der Waals surface area (Å²) in [5, 5.41) is 2.62. The molecule has 0 fully saturated rings. The minimum absolute atomic E-state index is 0.245. The lowest BCUT2D eigenvalue weighted by atomic mass is 10.1. The number of fused-ring (bicyclic) bond motifs is 1. The molecule has 0 N–H and O–H groups in total. The molecule has 0 spiro atoms. The second kappa shape index (κ2) is 10.7. The average molecular weight is 274 g/mol. The van der Waals surface area contributed by atoms with Gasteiger partial charge in [0, 0.05) is 13.3 Å². The van der Waals surface area contributed by atoms with E-state index < -0.39 is 0 Å². The third-order valence-electron chi connectivity index (χ3n) is 2.44. The molecule has 0 saturated heterocycles. The lowest BCUT2D eigenvalue weighted by molar-refractivity contribution is -0.137. The summed E-state index contributed by atoms with van der Waals surface area (Å²) in [5.41, 5.74) is 0. The molecular weight excluding hydrogens is 252 g/mol. The topological polar surface area (TPSA) is 43.4 Å². The van der Waals surface area contributed by atoms with Crippen molar-refractivity contribution in [3.05, 3.63) is 48.5 Å². The van der Waals surface area contributed by atoms with E-state index in [1.807, 2.05) is 6.92 Å². The third kappa shape index (κ3) is 8.86. The molecular formula is C17H22O3. The largest absolute Gasteiger partial charge is 0.469 e. The van der Waals surface area contributed by atoms with E-state index in [9.17, 15) is 9.59 Å². The molecule has 2 aromatic carbocycles. The summed E-state index contributed by atoms with van der Waals surface area (Å²) in [6, 6.07) is 16.7. The van der Waals surface area contributed by atoms with Gasteiger partial charge in [0.05, 0.1) is 7.11 Å². The standard InChI is InChI=1S/C10H8.C4H8O.C3H6O2/c1-2-6-10-8-4-3-7-9(10)5-1;1-3-4(2)5;1-3(4)5-2/h1-8H;3H2,1-2H3;1-2H3. The first-order valence-electron chi connectivity index (χ1n) is 6.49. The number of Topliss-reactive ketones (excluding diaryl/α,β-unsaturated/α-hetero) is 1. The number of benzene rings is 2. The average Bonchev–Trinajstić information content (AvgIpc) is 2.48. The Bertz CT molecular complexity index is 453. The molecule has 3 nitrogen and oxygen atoms in total. The van der Waals surface area contributed by atoms with E-state index >= 15 is 0 Å². The van der Waals surface area contributed by atoms with Crippen LogP contribution in [0.15, 0.2) is 48.5 Å². The Morgan fingerprint density at radius 2 is 1.15 bits per heavy atom. The van der Waals surface area contributed by atoms with Crippen molar-refractivity contribution in [3.8, 4) is 0 Å². The van der Waals surface area contributed by atoms with Crippen LogP contribution in [0, 0.1) is 0 Å². The fourth-order valence-corrected chi connectivity index (χ4v) is 1.13.